The number of piperidine rings is 1. The molecule has 29 heavy (non-hydrogen) atoms. The minimum Gasteiger partial charge on any atom is -0.323 e. The van der Waals surface area contributed by atoms with Crippen LogP contribution >= 0.6 is 27.8 Å². The van der Waals surface area contributed by atoms with Crippen molar-refractivity contribution in [1.82, 2.24) is 5.32 Å². The summed E-state index contributed by atoms with van der Waals surface area (Å²) < 4.78 is 30.8. The Kier molecular flexibility index (Phi) is 7.51. The fourth-order valence-corrected chi connectivity index (χ4v) is 7.98. The molecule has 3 rings (SSSR count). The molecule has 1 fully saturated rings. The zero-order valence-electron chi connectivity index (χ0n) is 16.2. The lowest BCUT2D eigenvalue weighted by Crippen LogP contribution is -2.39. The average molecular weight is 461 g/mol. The second-order valence-electron chi connectivity index (χ2n) is 7.75. The predicted molar refractivity (Wildman–Crippen MR) is 117 cm³/mol. The number of hydrogen-bond donors (Lipinski definition) is 5. The number of thiol groups is 1. The molecular formula is C19H29NO6P2S. The Hall–Kier alpha value is -0.430. The maximum absolute atomic E-state index is 13.1. The molecule has 0 amide bonds. The van der Waals surface area contributed by atoms with E-state index in [4.69, 9.17) is 4.52 Å². The first-order valence-corrected chi connectivity index (χ1v) is 13.7. The van der Waals surface area contributed by atoms with Crippen molar-refractivity contribution in [3.63, 3.8) is 0 Å². The highest BCUT2D eigenvalue weighted by atomic mass is 32.1. The van der Waals surface area contributed by atoms with Crippen LogP contribution < -0.4 is 5.32 Å². The Bertz CT molecular complexity index is 836. The molecule has 2 aliphatic rings. The van der Waals surface area contributed by atoms with Gasteiger partial charge in [0, 0.05) is 6.04 Å². The van der Waals surface area contributed by atoms with Crippen molar-refractivity contribution in [1.29, 1.82) is 0 Å². The molecule has 0 bridgehead atoms. The van der Waals surface area contributed by atoms with E-state index in [1.165, 1.54) is 12.1 Å². The summed E-state index contributed by atoms with van der Waals surface area (Å²) in [5, 5.41) is 3.45. The molecule has 1 heterocycles. The topological polar surface area (TPSA) is 116 Å². The smallest absolute Gasteiger partial charge is 0.323 e. The summed E-state index contributed by atoms with van der Waals surface area (Å²) in [6.07, 6.45) is 7.37. The van der Waals surface area contributed by atoms with Gasteiger partial charge in [-0.3, -0.25) is 9.13 Å². The third-order valence-electron chi connectivity index (χ3n) is 5.85. The van der Waals surface area contributed by atoms with Gasteiger partial charge in [-0.15, -0.1) is 0 Å². The van der Waals surface area contributed by atoms with E-state index < -0.39 is 20.1 Å². The van der Waals surface area contributed by atoms with Gasteiger partial charge >= 0.3 is 15.2 Å². The number of allylic oxidation sites excluding steroid dienone is 1. The second-order valence-corrected chi connectivity index (χ2v) is 12.3. The SMILES string of the molecule is O=P(O)(O)C1(P(=O)(O)OCCC2CCC(CCCS)CN2)C=Cc2ccccc21. The van der Waals surface area contributed by atoms with Gasteiger partial charge in [0.05, 0.1) is 6.61 Å². The minimum atomic E-state index is -5.04. The summed E-state index contributed by atoms with van der Waals surface area (Å²) in [5.74, 6) is 1.51. The van der Waals surface area contributed by atoms with Gasteiger partial charge in [-0.1, -0.05) is 30.3 Å². The third-order valence-corrected chi connectivity index (χ3v) is 10.8. The second kappa shape index (κ2) is 9.37. The molecule has 7 nitrogen and oxygen atoms in total. The van der Waals surface area contributed by atoms with Gasteiger partial charge < -0.3 is 24.5 Å². The number of benzene rings is 1. The molecule has 1 aromatic carbocycles. The summed E-state index contributed by atoms with van der Waals surface area (Å²) in [7, 11) is -9.74. The standard InChI is InChI=1S/C19H29NO6P2S/c21-27(22,23)19(11-9-16-5-1-2-6-18(16)19)28(24,25)26-12-10-17-8-7-15(14-20-17)4-3-13-29/h1-2,5-6,9,11,15,17,20,29H,3-4,7-8,10,12-14H2,(H,24,25)(H2,21,22,23). The van der Waals surface area contributed by atoms with Crippen molar-refractivity contribution >= 4 is 33.9 Å². The van der Waals surface area contributed by atoms with E-state index in [0.717, 1.165) is 44.1 Å². The lowest BCUT2D eigenvalue weighted by atomic mass is 9.90. The van der Waals surface area contributed by atoms with E-state index in [0.29, 0.717) is 17.9 Å². The van der Waals surface area contributed by atoms with E-state index in [1.807, 2.05) is 0 Å². The monoisotopic (exact) mass is 461 g/mol. The van der Waals surface area contributed by atoms with Crippen LogP contribution in [0, 0.1) is 5.92 Å². The van der Waals surface area contributed by atoms with Crippen LogP contribution in [-0.4, -0.2) is 39.6 Å². The summed E-state index contributed by atoms with van der Waals surface area (Å²) in [5.41, 5.74) is 0.636. The number of fused-ring (bicyclic) bond motifs is 1. The van der Waals surface area contributed by atoms with Gasteiger partial charge in [0.15, 0.2) is 0 Å². The minimum absolute atomic E-state index is 0.0511. The van der Waals surface area contributed by atoms with Crippen LogP contribution in [0.25, 0.3) is 6.08 Å². The van der Waals surface area contributed by atoms with Crippen molar-refractivity contribution in [2.24, 2.45) is 5.92 Å². The van der Waals surface area contributed by atoms with Gasteiger partial charge in [0.25, 0.3) is 0 Å². The van der Waals surface area contributed by atoms with E-state index in [9.17, 15) is 23.8 Å². The lowest BCUT2D eigenvalue weighted by molar-refractivity contribution is 0.211. The Balaban J connectivity index is 1.64. The molecular weight excluding hydrogens is 432 g/mol. The molecule has 4 unspecified atom stereocenters. The number of nitrogens with one attached hydrogen (secondary N) is 1. The fraction of sp³-hybridized carbons (Fsp3) is 0.579. The van der Waals surface area contributed by atoms with Gasteiger partial charge in [-0.2, -0.15) is 12.6 Å². The molecule has 1 saturated heterocycles. The van der Waals surface area contributed by atoms with Crippen LogP contribution in [0.3, 0.4) is 0 Å². The summed E-state index contributed by atoms with van der Waals surface area (Å²) in [6.45, 7) is 0.849. The molecule has 1 aromatic rings. The molecule has 0 aromatic heterocycles. The summed E-state index contributed by atoms with van der Waals surface area (Å²) in [6, 6.07) is 6.58. The first-order chi connectivity index (χ1) is 13.7. The first-order valence-electron chi connectivity index (χ1n) is 9.87. The summed E-state index contributed by atoms with van der Waals surface area (Å²) >= 11 is 4.24. The highest BCUT2D eigenvalue weighted by molar-refractivity contribution is 7.80. The van der Waals surface area contributed by atoms with Crippen LogP contribution in [0.1, 0.15) is 43.2 Å². The molecule has 1 aliphatic heterocycles. The van der Waals surface area contributed by atoms with Gasteiger partial charge in [-0.05, 0) is 67.5 Å². The van der Waals surface area contributed by atoms with E-state index in [-0.39, 0.29) is 18.2 Å². The van der Waals surface area contributed by atoms with Crippen LogP contribution in [0.2, 0.25) is 0 Å². The first kappa shape index (κ1) is 23.2. The van der Waals surface area contributed by atoms with E-state index in [1.54, 1.807) is 18.2 Å². The van der Waals surface area contributed by atoms with Crippen molar-refractivity contribution in [2.75, 3.05) is 18.9 Å². The zero-order valence-corrected chi connectivity index (χ0v) is 18.9. The van der Waals surface area contributed by atoms with Crippen LogP contribution in [0.15, 0.2) is 30.3 Å². The van der Waals surface area contributed by atoms with E-state index in [2.05, 4.69) is 17.9 Å². The zero-order chi connectivity index (χ0) is 21.1. The van der Waals surface area contributed by atoms with Crippen LogP contribution in [0.5, 0.6) is 0 Å². The van der Waals surface area contributed by atoms with Crippen LogP contribution in [0.4, 0.5) is 0 Å². The lowest BCUT2D eigenvalue weighted by Gasteiger charge is -2.34. The third kappa shape index (κ3) is 4.76. The van der Waals surface area contributed by atoms with Crippen molar-refractivity contribution in [2.45, 2.75) is 43.0 Å². The molecule has 0 saturated carbocycles. The quantitative estimate of drug-likeness (QED) is 0.281. The van der Waals surface area contributed by atoms with Gasteiger partial charge in [0.2, 0.25) is 4.90 Å². The Labute approximate surface area is 177 Å². The molecule has 4 N–H and O–H groups in total. The molecule has 162 valence electrons. The number of hydrogen-bond acceptors (Lipinski definition) is 5. The molecule has 0 spiro atoms. The number of rotatable bonds is 9. The van der Waals surface area contributed by atoms with Crippen molar-refractivity contribution in [3.8, 4) is 0 Å². The van der Waals surface area contributed by atoms with Gasteiger partial charge in [-0.25, -0.2) is 0 Å². The Morgan fingerprint density at radius 3 is 2.59 bits per heavy atom. The molecule has 1 aliphatic carbocycles. The Morgan fingerprint density at radius 2 is 1.93 bits per heavy atom. The molecule has 4 atom stereocenters. The highest BCUT2D eigenvalue weighted by Crippen LogP contribution is 2.79. The normalized spacial score (nSPS) is 28.8. The fourth-order valence-electron chi connectivity index (χ4n) is 4.20. The maximum Gasteiger partial charge on any atom is 0.354 e. The van der Waals surface area contributed by atoms with Gasteiger partial charge in [0.1, 0.15) is 0 Å². The van der Waals surface area contributed by atoms with Crippen molar-refractivity contribution in [3.05, 3.63) is 41.5 Å². The Morgan fingerprint density at radius 1 is 1.17 bits per heavy atom. The summed E-state index contributed by atoms with van der Waals surface area (Å²) in [4.78, 5) is 28.4. The van der Waals surface area contributed by atoms with Crippen LogP contribution in [-0.2, 0) is 18.6 Å². The van der Waals surface area contributed by atoms with Crippen molar-refractivity contribution < 1.29 is 28.3 Å². The van der Waals surface area contributed by atoms with E-state index >= 15 is 0 Å². The molecule has 10 heteroatoms. The average Bonchev–Trinajstić information content (AvgIpc) is 3.09. The largest absolute Gasteiger partial charge is 0.354 e. The molecule has 0 radical (unpaired) electrons. The maximum atomic E-state index is 13.1. The highest BCUT2D eigenvalue weighted by Gasteiger charge is 2.63. The predicted octanol–water partition coefficient (Wildman–Crippen LogP) is 3.71.